The maximum absolute atomic E-state index is 12.1. The first-order chi connectivity index (χ1) is 13.5. The van der Waals surface area contributed by atoms with Crippen molar-refractivity contribution >= 4 is 29.3 Å². The number of benzene rings is 2. The number of carbonyl (C=O) groups is 2. The van der Waals surface area contributed by atoms with Crippen LogP contribution in [0.1, 0.15) is 11.1 Å². The van der Waals surface area contributed by atoms with E-state index in [4.69, 9.17) is 14.7 Å². The molecule has 1 amide bonds. The Morgan fingerprint density at radius 1 is 1.29 bits per heavy atom. The molecule has 0 atom stereocenters. The zero-order valence-electron chi connectivity index (χ0n) is 14.4. The van der Waals surface area contributed by atoms with Crippen molar-refractivity contribution in [1.29, 1.82) is 5.26 Å². The Balaban J connectivity index is 1.61. The average Bonchev–Trinajstić information content (AvgIpc) is 2.71. The van der Waals surface area contributed by atoms with E-state index in [1.807, 2.05) is 6.07 Å². The Kier molecular flexibility index (Phi) is 5.32. The van der Waals surface area contributed by atoms with Crippen LogP contribution in [0.25, 0.3) is 6.08 Å². The predicted octanol–water partition coefficient (Wildman–Crippen LogP) is 2.42. The molecule has 0 spiro atoms. The van der Waals surface area contributed by atoms with E-state index in [1.54, 1.807) is 30.3 Å². The standard InChI is InChI=1S/C19H13N3O6/c20-9-13-8-15(22(25)26)5-6-16(13)21-18(23)11-28-19(24)14-7-12-3-1-2-4-17(12)27-10-14/h1-8H,10-11H2,(H,21,23). The van der Waals surface area contributed by atoms with Crippen LogP contribution in [0.5, 0.6) is 5.75 Å². The van der Waals surface area contributed by atoms with Crippen LogP contribution in [0, 0.1) is 21.4 Å². The molecule has 9 nitrogen and oxygen atoms in total. The summed E-state index contributed by atoms with van der Waals surface area (Å²) in [6, 6.07) is 12.4. The molecule has 28 heavy (non-hydrogen) atoms. The fourth-order valence-electron chi connectivity index (χ4n) is 2.49. The summed E-state index contributed by atoms with van der Waals surface area (Å²) in [6.07, 6.45) is 1.63. The van der Waals surface area contributed by atoms with E-state index in [0.717, 1.165) is 17.7 Å². The summed E-state index contributed by atoms with van der Waals surface area (Å²) >= 11 is 0. The van der Waals surface area contributed by atoms with Crippen molar-refractivity contribution in [3.8, 4) is 11.8 Å². The number of nitrogens with one attached hydrogen (secondary N) is 1. The van der Waals surface area contributed by atoms with Gasteiger partial charge in [-0.1, -0.05) is 18.2 Å². The molecule has 0 unspecified atom stereocenters. The molecule has 1 aliphatic rings. The molecular weight excluding hydrogens is 366 g/mol. The number of fused-ring (bicyclic) bond motifs is 1. The SMILES string of the molecule is N#Cc1cc([N+](=O)[O-])ccc1NC(=O)COC(=O)C1=Cc2ccccc2OC1. The Morgan fingerprint density at radius 2 is 2.07 bits per heavy atom. The van der Waals surface area contributed by atoms with Gasteiger partial charge in [-0.2, -0.15) is 5.26 Å². The van der Waals surface area contributed by atoms with Crippen molar-refractivity contribution < 1.29 is 24.0 Å². The minimum atomic E-state index is -0.700. The van der Waals surface area contributed by atoms with Gasteiger partial charge in [-0.05, 0) is 18.2 Å². The zero-order chi connectivity index (χ0) is 20.1. The van der Waals surface area contributed by atoms with Gasteiger partial charge >= 0.3 is 5.97 Å². The van der Waals surface area contributed by atoms with Crippen LogP contribution < -0.4 is 10.1 Å². The van der Waals surface area contributed by atoms with Crippen LogP contribution in [-0.2, 0) is 14.3 Å². The quantitative estimate of drug-likeness (QED) is 0.479. The molecule has 0 saturated carbocycles. The topological polar surface area (TPSA) is 132 Å². The Labute approximate surface area is 158 Å². The lowest BCUT2D eigenvalue weighted by atomic mass is 10.1. The van der Waals surface area contributed by atoms with E-state index in [2.05, 4.69) is 5.32 Å². The van der Waals surface area contributed by atoms with Crippen LogP contribution in [0.4, 0.5) is 11.4 Å². The second kappa shape index (κ2) is 8.01. The van der Waals surface area contributed by atoms with E-state index >= 15 is 0 Å². The van der Waals surface area contributed by atoms with Gasteiger partial charge in [0.05, 0.1) is 21.7 Å². The summed E-state index contributed by atoms with van der Waals surface area (Å²) in [5.41, 5.74) is 0.733. The number of anilines is 1. The number of esters is 1. The summed E-state index contributed by atoms with van der Waals surface area (Å²) in [5, 5.41) is 22.2. The number of nitriles is 1. The van der Waals surface area contributed by atoms with Gasteiger partial charge in [0.1, 0.15) is 18.4 Å². The van der Waals surface area contributed by atoms with Crippen molar-refractivity contribution in [2.24, 2.45) is 0 Å². The van der Waals surface area contributed by atoms with Crippen molar-refractivity contribution in [1.82, 2.24) is 0 Å². The second-order valence-corrected chi connectivity index (χ2v) is 5.72. The fraction of sp³-hybridized carbons (Fsp3) is 0.105. The molecule has 2 aromatic rings. The molecule has 3 rings (SSSR count). The number of non-ortho nitro benzene ring substituents is 1. The van der Waals surface area contributed by atoms with Crippen LogP contribution in [0.15, 0.2) is 48.0 Å². The van der Waals surface area contributed by atoms with Crippen LogP contribution in [0.2, 0.25) is 0 Å². The molecule has 0 saturated heterocycles. The predicted molar refractivity (Wildman–Crippen MR) is 97.3 cm³/mol. The molecule has 0 fully saturated rings. The van der Waals surface area contributed by atoms with Gasteiger partial charge < -0.3 is 14.8 Å². The first kappa shape index (κ1) is 18.6. The van der Waals surface area contributed by atoms with Gasteiger partial charge in [0.25, 0.3) is 11.6 Å². The van der Waals surface area contributed by atoms with Crippen LogP contribution in [0.3, 0.4) is 0 Å². The van der Waals surface area contributed by atoms with Gasteiger partial charge in [0.2, 0.25) is 0 Å². The summed E-state index contributed by atoms with van der Waals surface area (Å²) in [7, 11) is 0. The number of nitro groups is 1. The molecular formula is C19H13N3O6. The van der Waals surface area contributed by atoms with E-state index < -0.39 is 23.4 Å². The Bertz CT molecular complexity index is 1040. The average molecular weight is 379 g/mol. The molecule has 1 heterocycles. The third-order valence-electron chi connectivity index (χ3n) is 3.84. The second-order valence-electron chi connectivity index (χ2n) is 5.72. The molecule has 0 bridgehead atoms. The zero-order valence-corrected chi connectivity index (χ0v) is 14.4. The number of para-hydroxylation sites is 1. The number of nitrogens with zero attached hydrogens (tertiary/aromatic N) is 2. The maximum Gasteiger partial charge on any atom is 0.338 e. The molecule has 0 radical (unpaired) electrons. The van der Waals surface area contributed by atoms with Gasteiger partial charge in [-0.15, -0.1) is 0 Å². The molecule has 9 heteroatoms. The van der Waals surface area contributed by atoms with E-state index in [-0.39, 0.29) is 29.1 Å². The summed E-state index contributed by atoms with van der Waals surface area (Å²) in [6.45, 7) is -0.557. The first-order valence-electron chi connectivity index (χ1n) is 8.06. The van der Waals surface area contributed by atoms with Gasteiger partial charge in [0.15, 0.2) is 6.61 Å². The lowest BCUT2D eigenvalue weighted by Crippen LogP contribution is -2.24. The summed E-state index contributed by atoms with van der Waals surface area (Å²) in [5.74, 6) is -0.732. The van der Waals surface area contributed by atoms with Gasteiger partial charge in [0, 0.05) is 17.7 Å². The number of hydrogen-bond donors (Lipinski definition) is 1. The van der Waals surface area contributed by atoms with E-state index in [1.165, 1.54) is 6.07 Å². The lowest BCUT2D eigenvalue weighted by Gasteiger charge is -2.16. The van der Waals surface area contributed by atoms with Gasteiger partial charge in [-0.25, -0.2) is 4.79 Å². The molecule has 0 aromatic heterocycles. The van der Waals surface area contributed by atoms with Crippen molar-refractivity contribution in [2.75, 3.05) is 18.5 Å². The minimum absolute atomic E-state index is 0.0262. The highest BCUT2D eigenvalue weighted by Gasteiger charge is 2.19. The molecule has 1 aliphatic heterocycles. The highest BCUT2D eigenvalue weighted by molar-refractivity contribution is 5.98. The fourth-order valence-corrected chi connectivity index (χ4v) is 2.49. The Morgan fingerprint density at radius 3 is 2.82 bits per heavy atom. The highest BCUT2D eigenvalue weighted by Crippen LogP contribution is 2.26. The largest absolute Gasteiger partial charge is 0.488 e. The number of amides is 1. The maximum atomic E-state index is 12.1. The highest BCUT2D eigenvalue weighted by atomic mass is 16.6. The third kappa shape index (κ3) is 4.13. The third-order valence-corrected chi connectivity index (χ3v) is 3.84. The number of ether oxygens (including phenoxy) is 2. The van der Waals surface area contributed by atoms with Crippen molar-refractivity contribution in [3.05, 3.63) is 69.3 Å². The normalized spacial score (nSPS) is 11.9. The number of rotatable bonds is 5. The minimum Gasteiger partial charge on any atom is -0.488 e. The van der Waals surface area contributed by atoms with Crippen LogP contribution in [-0.4, -0.2) is 30.0 Å². The molecule has 140 valence electrons. The first-order valence-corrected chi connectivity index (χ1v) is 8.06. The van der Waals surface area contributed by atoms with Crippen molar-refractivity contribution in [3.63, 3.8) is 0 Å². The van der Waals surface area contributed by atoms with Crippen LogP contribution >= 0.6 is 0 Å². The number of hydrogen-bond acceptors (Lipinski definition) is 7. The monoisotopic (exact) mass is 379 g/mol. The van der Waals surface area contributed by atoms with E-state index in [9.17, 15) is 19.7 Å². The summed E-state index contributed by atoms with van der Waals surface area (Å²) < 4.78 is 10.4. The van der Waals surface area contributed by atoms with Crippen molar-refractivity contribution in [2.45, 2.75) is 0 Å². The van der Waals surface area contributed by atoms with E-state index in [0.29, 0.717) is 5.75 Å². The molecule has 0 aliphatic carbocycles. The van der Waals surface area contributed by atoms with Gasteiger partial charge in [-0.3, -0.25) is 14.9 Å². The molecule has 1 N–H and O–H groups in total. The lowest BCUT2D eigenvalue weighted by molar-refractivity contribution is -0.384. The number of carbonyl (C=O) groups excluding carboxylic acids is 2. The number of nitro benzene ring substituents is 1. The smallest absolute Gasteiger partial charge is 0.338 e. The summed E-state index contributed by atoms with van der Waals surface area (Å²) in [4.78, 5) is 34.2. The molecule has 2 aromatic carbocycles. The Hall–Kier alpha value is -4.19.